The van der Waals surface area contributed by atoms with Crippen LogP contribution in [0.2, 0.25) is 0 Å². The minimum Gasteiger partial charge on any atom is -0.223 e. The molecular formula is C10H7N9P. The Morgan fingerprint density at radius 3 is 2.65 bits per heavy atom. The predicted molar refractivity (Wildman–Crippen MR) is 70.2 cm³/mol. The molecule has 4 rings (SSSR count). The van der Waals surface area contributed by atoms with Crippen LogP contribution in [0.3, 0.4) is 0 Å². The summed E-state index contributed by atoms with van der Waals surface area (Å²) in [5.74, 6) is 3.09. The smallest absolute Gasteiger partial charge is 0.223 e. The molecule has 0 bridgehead atoms. The van der Waals surface area contributed by atoms with Gasteiger partial charge in [0.15, 0.2) is 0 Å². The van der Waals surface area contributed by atoms with Crippen LogP contribution >= 0.6 is 8.58 Å². The third-order valence-electron chi connectivity index (χ3n) is 2.60. The SMILES string of the molecule is C1=C[P]C(n2nc(-n3cncn3)c(-n3ccnn3)n2)=C1. The standard InChI is InChI=1S/C10H7N9P/c1-2-8(20-5-1)19-14-9(17-4-3-12-16-17)10(15-19)18-7-11-6-13-18/h1-7H. The van der Waals surface area contributed by atoms with Gasteiger partial charge in [-0.3, -0.25) is 0 Å². The van der Waals surface area contributed by atoms with Crippen molar-refractivity contribution < 1.29 is 0 Å². The first-order chi connectivity index (χ1) is 9.92. The molecule has 1 aliphatic rings. The maximum Gasteiger partial charge on any atom is 0.224 e. The average Bonchev–Trinajstić information content (AvgIpc) is 3.22. The molecule has 1 radical (unpaired) electrons. The number of hydrogen-bond donors (Lipinski definition) is 0. The van der Waals surface area contributed by atoms with E-state index in [9.17, 15) is 0 Å². The monoisotopic (exact) mass is 284 g/mol. The summed E-state index contributed by atoms with van der Waals surface area (Å²) in [5.41, 5.74) is 0.956. The molecule has 0 amide bonds. The molecule has 9 nitrogen and oxygen atoms in total. The molecule has 97 valence electrons. The van der Waals surface area contributed by atoms with E-state index < -0.39 is 0 Å². The lowest BCUT2D eigenvalue weighted by Gasteiger charge is -1.97. The van der Waals surface area contributed by atoms with Crippen LogP contribution < -0.4 is 0 Å². The van der Waals surface area contributed by atoms with Crippen molar-refractivity contribution in [3.05, 3.63) is 43.0 Å². The first-order valence-corrected chi connectivity index (χ1v) is 6.65. The second-order valence-electron chi connectivity index (χ2n) is 3.82. The van der Waals surface area contributed by atoms with Crippen LogP contribution in [0.25, 0.3) is 17.1 Å². The third kappa shape index (κ3) is 1.76. The molecule has 0 saturated carbocycles. The van der Waals surface area contributed by atoms with Gasteiger partial charge in [0, 0.05) is 8.58 Å². The fourth-order valence-electron chi connectivity index (χ4n) is 1.74. The van der Waals surface area contributed by atoms with Gasteiger partial charge in [0.1, 0.15) is 12.7 Å². The zero-order valence-electron chi connectivity index (χ0n) is 10.0. The van der Waals surface area contributed by atoms with E-state index in [1.165, 1.54) is 6.33 Å². The average molecular weight is 284 g/mol. The Balaban J connectivity index is 1.87. The second-order valence-corrected chi connectivity index (χ2v) is 4.83. The van der Waals surface area contributed by atoms with Crippen molar-refractivity contribution in [2.75, 3.05) is 0 Å². The van der Waals surface area contributed by atoms with Gasteiger partial charge in [-0.05, 0) is 11.9 Å². The highest BCUT2D eigenvalue weighted by Gasteiger charge is 2.18. The molecule has 10 heteroatoms. The van der Waals surface area contributed by atoms with Crippen LogP contribution in [0.15, 0.2) is 43.0 Å². The fourth-order valence-corrected chi connectivity index (χ4v) is 2.43. The maximum absolute atomic E-state index is 4.45. The summed E-state index contributed by atoms with van der Waals surface area (Å²) in [7, 11) is 1.04. The molecule has 1 aliphatic heterocycles. The van der Waals surface area contributed by atoms with Gasteiger partial charge in [0.2, 0.25) is 11.6 Å². The summed E-state index contributed by atoms with van der Waals surface area (Å²) in [5, 5.41) is 20.7. The van der Waals surface area contributed by atoms with Crippen molar-refractivity contribution in [3.63, 3.8) is 0 Å². The molecule has 0 N–H and O–H groups in total. The van der Waals surface area contributed by atoms with E-state index in [0.717, 1.165) is 14.0 Å². The van der Waals surface area contributed by atoms with E-state index in [-0.39, 0.29) is 0 Å². The van der Waals surface area contributed by atoms with E-state index in [4.69, 9.17) is 0 Å². The van der Waals surface area contributed by atoms with Crippen LogP contribution in [-0.2, 0) is 0 Å². The molecule has 0 aromatic carbocycles. The van der Waals surface area contributed by atoms with Crippen molar-refractivity contribution in [2.45, 2.75) is 0 Å². The largest absolute Gasteiger partial charge is 0.224 e. The minimum atomic E-state index is 0.538. The van der Waals surface area contributed by atoms with Gasteiger partial charge >= 0.3 is 0 Å². The van der Waals surface area contributed by atoms with Crippen LogP contribution in [0.5, 0.6) is 0 Å². The Labute approximate surface area is 114 Å². The highest BCUT2D eigenvalue weighted by atomic mass is 31.1. The molecule has 0 unspecified atom stereocenters. The lowest BCUT2D eigenvalue weighted by molar-refractivity contribution is 0.738. The van der Waals surface area contributed by atoms with Gasteiger partial charge in [0.05, 0.1) is 17.8 Å². The van der Waals surface area contributed by atoms with E-state index in [2.05, 4.69) is 30.6 Å². The molecule has 0 aliphatic carbocycles. The molecule has 3 aromatic heterocycles. The Hall–Kier alpha value is -2.67. The topological polar surface area (TPSA) is 92.1 Å². The lowest BCUT2D eigenvalue weighted by Crippen LogP contribution is -2.03. The number of rotatable bonds is 3. The Morgan fingerprint density at radius 2 is 2.00 bits per heavy atom. The predicted octanol–water partition coefficient (Wildman–Crippen LogP) is 0.711. The first-order valence-electron chi connectivity index (χ1n) is 5.69. The van der Waals surface area contributed by atoms with E-state index in [1.807, 2.05) is 18.0 Å². The van der Waals surface area contributed by atoms with Crippen molar-refractivity contribution in [2.24, 2.45) is 0 Å². The summed E-state index contributed by atoms with van der Waals surface area (Å²) >= 11 is 0. The van der Waals surface area contributed by atoms with Gasteiger partial charge in [0.25, 0.3) is 0 Å². The summed E-state index contributed by atoms with van der Waals surface area (Å²) < 4.78 is 3.08. The number of allylic oxidation sites excluding steroid dienone is 2. The van der Waals surface area contributed by atoms with Gasteiger partial charge in [-0.2, -0.15) is 14.5 Å². The van der Waals surface area contributed by atoms with E-state index in [1.54, 1.807) is 32.9 Å². The van der Waals surface area contributed by atoms with Gasteiger partial charge in [-0.1, -0.05) is 11.3 Å². The van der Waals surface area contributed by atoms with Crippen LogP contribution in [0.1, 0.15) is 0 Å². The van der Waals surface area contributed by atoms with Crippen molar-refractivity contribution in [1.82, 2.24) is 44.8 Å². The van der Waals surface area contributed by atoms with Crippen LogP contribution in [-0.4, -0.2) is 44.8 Å². The summed E-state index contributed by atoms with van der Waals surface area (Å²) in [6.07, 6.45) is 10.2. The summed E-state index contributed by atoms with van der Waals surface area (Å²) in [6, 6.07) is 0. The lowest BCUT2D eigenvalue weighted by atomic mass is 10.6. The molecule has 3 aromatic rings. The molecule has 20 heavy (non-hydrogen) atoms. The Bertz CT molecular complexity index is 729. The van der Waals surface area contributed by atoms with E-state index in [0.29, 0.717) is 11.6 Å². The summed E-state index contributed by atoms with van der Waals surface area (Å²) in [6.45, 7) is 0. The first kappa shape index (κ1) is 11.2. The molecule has 0 spiro atoms. The van der Waals surface area contributed by atoms with Crippen LogP contribution in [0.4, 0.5) is 0 Å². The Kier molecular flexibility index (Phi) is 2.49. The van der Waals surface area contributed by atoms with Crippen molar-refractivity contribution in [1.29, 1.82) is 0 Å². The summed E-state index contributed by atoms with van der Waals surface area (Å²) in [4.78, 5) is 5.49. The highest BCUT2D eigenvalue weighted by molar-refractivity contribution is 7.53. The normalized spacial score (nSPS) is 15.1. The van der Waals surface area contributed by atoms with Gasteiger partial charge in [-0.25, -0.2) is 4.98 Å². The molecular weight excluding hydrogens is 277 g/mol. The second kappa shape index (κ2) is 4.46. The van der Waals surface area contributed by atoms with Gasteiger partial charge < -0.3 is 0 Å². The Morgan fingerprint density at radius 1 is 1.10 bits per heavy atom. The highest BCUT2D eigenvalue weighted by Crippen LogP contribution is 2.33. The molecule has 4 heterocycles. The fraction of sp³-hybridized carbons (Fsp3) is 0. The third-order valence-corrected chi connectivity index (χ3v) is 3.51. The number of nitrogens with zero attached hydrogens (tertiary/aromatic N) is 9. The number of aromatic nitrogens is 9. The van der Waals surface area contributed by atoms with Crippen molar-refractivity contribution >= 4 is 14.0 Å². The number of hydrogen-bond acceptors (Lipinski definition) is 6. The zero-order chi connectivity index (χ0) is 13.4. The van der Waals surface area contributed by atoms with E-state index >= 15 is 0 Å². The minimum absolute atomic E-state index is 0.538. The quantitative estimate of drug-likeness (QED) is 0.658. The van der Waals surface area contributed by atoms with Crippen molar-refractivity contribution in [3.8, 4) is 11.6 Å². The van der Waals surface area contributed by atoms with Crippen LogP contribution in [0, 0.1) is 0 Å². The van der Waals surface area contributed by atoms with Gasteiger partial charge in [-0.15, -0.1) is 20.1 Å². The maximum atomic E-state index is 4.45. The molecule has 0 saturated heterocycles. The molecule has 0 fully saturated rings. The molecule has 0 atom stereocenters. The zero-order valence-corrected chi connectivity index (χ0v) is 10.9.